The first-order chi connectivity index (χ1) is 23.1. The van der Waals surface area contributed by atoms with Crippen LogP contribution in [0.5, 0.6) is 0 Å². The molecular formula is C46H46N2. The Hall–Kier alpha value is -5.08. The molecule has 0 radical (unpaired) electrons. The number of hydrogen-bond donors (Lipinski definition) is 0. The van der Waals surface area contributed by atoms with Crippen LogP contribution in [0.4, 0.5) is 28.4 Å². The van der Waals surface area contributed by atoms with Gasteiger partial charge in [0.2, 0.25) is 0 Å². The van der Waals surface area contributed by atoms with Gasteiger partial charge in [-0.1, -0.05) is 133 Å². The first-order valence-electron chi connectivity index (χ1n) is 17.3. The van der Waals surface area contributed by atoms with Gasteiger partial charge in [-0.3, -0.25) is 0 Å². The molecule has 7 rings (SSSR count). The zero-order valence-electron chi connectivity index (χ0n) is 29.2. The average molecular weight is 627 g/mol. The van der Waals surface area contributed by atoms with Gasteiger partial charge in [0.1, 0.15) is 0 Å². The normalized spacial score (nSPS) is 13.5. The van der Waals surface area contributed by atoms with Crippen molar-refractivity contribution in [3.05, 3.63) is 162 Å². The van der Waals surface area contributed by atoms with Crippen molar-refractivity contribution < 1.29 is 0 Å². The lowest BCUT2D eigenvalue weighted by Gasteiger charge is -2.34. The molecule has 0 aromatic heterocycles. The number of rotatable bonds is 6. The molecular weight excluding hydrogens is 581 g/mol. The maximum atomic E-state index is 2.50. The van der Waals surface area contributed by atoms with E-state index in [2.05, 4.69) is 197 Å². The summed E-state index contributed by atoms with van der Waals surface area (Å²) in [5.41, 5.74) is 9.68. The molecule has 0 fully saturated rings. The first-order valence-corrected chi connectivity index (χ1v) is 17.3. The van der Waals surface area contributed by atoms with E-state index >= 15 is 0 Å². The van der Waals surface area contributed by atoms with Gasteiger partial charge in [-0.2, -0.15) is 0 Å². The second-order valence-electron chi connectivity index (χ2n) is 15.0. The summed E-state index contributed by atoms with van der Waals surface area (Å²) in [5.74, 6) is 0. The van der Waals surface area contributed by atoms with Crippen LogP contribution in [-0.4, -0.2) is 0 Å². The van der Waals surface area contributed by atoms with E-state index in [9.17, 15) is 0 Å². The van der Waals surface area contributed by atoms with Gasteiger partial charge in [0.15, 0.2) is 0 Å². The van der Waals surface area contributed by atoms with Crippen LogP contribution in [0, 0.1) is 0 Å². The Balaban J connectivity index is 1.70. The summed E-state index contributed by atoms with van der Waals surface area (Å²) in [4.78, 5) is 4.97. The molecule has 0 atom stereocenters. The summed E-state index contributed by atoms with van der Waals surface area (Å²) in [5, 5.41) is 4.94. The Kier molecular flexibility index (Phi) is 8.21. The zero-order chi connectivity index (χ0) is 33.5. The Morgan fingerprint density at radius 1 is 0.438 bits per heavy atom. The quantitative estimate of drug-likeness (QED) is 0.134. The van der Waals surface area contributed by atoms with E-state index in [0.717, 1.165) is 29.9 Å². The van der Waals surface area contributed by atoms with Gasteiger partial charge in [-0.15, -0.1) is 0 Å². The summed E-state index contributed by atoms with van der Waals surface area (Å²) in [6.07, 6.45) is 9.11. The molecule has 48 heavy (non-hydrogen) atoms. The number of allylic oxidation sites excluding steroid dienone is 3. The van der Waals surface area contributed by atoms with Gasteiger partial charge < -0.3 is 9.80 Å². The Bertz CT molecular complexity index is 2090. The van der Waals surface area contributed by atoms with Crippen LogP contribution in [0.2, 0.25) is 0 Å². The highest BCUT2D eigenvalue weighted by Crippen LogP contribution is 2.51. The second-order valence-corrected chi connectivity index (χ2v) is 15.0. The molecule has 1 aliphatic rings. The molecule has 0 aliphatic heterocycles. The van der Waals surface area contributed by atoms with Gasteiger partial charge in [0.25, 0.3) is 0 Å². The van der Waals surface area contributed by atoms with Crippen LogP contribution >= 0.6 is 0 Å². The van der Waals surface area contributed by atoms with Crippen LogP contribution in [0.3, 0.4) is 0 Å². The molecule has 6 aromatic carbocycles. The number of nitrogens with zero attached hydrogens (tertiary/aromatic N) is 2. The molecule has 0 spiro atoms. The van der Waals surface area contributed by atoms with E-state index in [4.69, 9.17) is 0 Å². The number of para-hydroxylation sites is 3. The largest absolute Gasteiger partial charge is 0.310 e. The summed E-state index contributed by atoms with van der Waals surface area (Å²) >= 11 is 0. The summed E-state index contributed by atoms with van der Waals surface area (Å²) in [6, 6.07) is 46.9. The molecule has 2 heteroatoms. The van der Waals surface area contributed by atoms with Crippen molar-refractivity contribution in [2.45, 2.75) is 65.2 Å². The third-order valence-electron chi connectivity index (χ3n) is 9.52. The molecule has 0 unspecified atom stereocenters. The molecule has 0 saturated heterocycles. The fourth-order valence-electron chi connectivity index (χ4n) is 6.91. The van der Waals surface area contributed by atoms with Gasteiger partial charge in [0, 0.05) is 44.3 Å². The van der Waals surface area contributed by atoms with E-state index in [1.165, 1.54) is 49.7 Å². The topological polar surface area (TPSA) is 6.48 Å². The number of anilines is 5. The fraction of sp³-hybridized carbons (Fsp3) is 0.217. The summed E-state index contributed by atoms with van der Waals surface area (Å²) in [6.45, 7) is 13.9. The number of hydrogen-bond acceptors (Lipinski definition) is 2. The van der Waals surface area contributed by atoms with Crippen molar-refractivity contribution in [1.29, 1.82) is 0 Å². The monoisotopic (exact) mass is 626 g/mol. The van der Waals surface area contributed by atoms with Crippen molar-refractivity contribution in [1.82, 2.24) is 0 Å². The van der Waals surface area contributed by atoms with Crippen LogP contribution in [-0.2, 0) is 10.8 Å². The van der Waals surface area contributed by atoms with Crippen molar-refractivity contribution in [2.75, 3.05) is 9.80 Å². The highest BCUT2D eigenvalue weighted by atomic mass is 15.2. The van der Waals surface area contributed by atoms with E-state index in [1.807, 2.05) is 0 Å². The lowest BCUT2D eigenvalue weighted by molar-refractivity contribution is 0.590. The molecule has 0 bridgehead atoms. The Labute approximate surface area is 286 Å². The molecule has 0 amide bonds. The van der Waals surface area contributed by atoms with E-state index in [1.54, 1.807) is 0 Å². The fourth-order valence-corrected chi connectivity index (χ4v) is 6.91. The Morgan fingerprint density at radius 3 is 1.25 bits per heavy atom. The van der Waals surface area contributed by atoms with E-state index < -0.39 is 0 Å². The lowest BCUT2D eigenvalue weighted by Crippen LogP contribution is -2.19. The van der Waals surface area contributed by atoms with Gasteiger partial charge in [-0.25, -0.2) is 0 Å². The summed E-state index contributed by atoms with van der Waals surface area (Å²) in [7, 11) is 0. The minimum atomic E-state index is -0.0191. The van der Waals surface area contributed by atoms with Crippen molar-refractivity contribution >= 4 is 50.0 Å². The van der Waals surface area contributed by atoms with Gasteiger partial charge in [0.05, 0.1) is 11.4 Å². The number of fused-ring (bicyclic) bond motifs is 2. The van der Waals surface area contributed by atoms with Crippen LogP contribution < -0.4 is 9.80 Å². The standard InChI is InChI=1S/C46H46N2/c1-45(2,3)33-27-29-39-41(31-33)43(47(35-19-11-7-12-20-35)36-21-13-8-14-22-36)40-30-28-34(46(4,5)6)32-42(40)44(39)48(37-23-15-9-16-24-37)38-25-17-10-18-26-38/h7-9,11-17,19-32H,10,18H2,1-6H3. The average Bonchev–Trinajstić information content (AvgIpc) is 3.10. The van der Waals surface area contributed by atoms with Crippen molar-refractivity contribution in [2.24, 2.45) is 0 Å². The highest BCUT2D eigenvalue weighted by Gasteiger charge is 2.28. The SMILES string of the molecule is CC(C)(C)c1ccc2c(N(c3ccccc3)c3ccccc3)c3cc(C(C)(C)C)ccc3c(N(C3=CCCC=C3)c3ccccc3)c2c1. The molecule has 6 aromatic rings. The predicted octanol–water partition coefficient (Wildman–Crippen LogP) is 13.4. The third kappa shape index (κ3) is 5.92. The smallest absolute Gasteiger partial charge is 0.0620 e. The van der Waals surface area contributed by atoms with E-state index in [0.29, 0.717) is 0 Å². The summed E-state index contributed by atoms with van der Waals surface area (Å²) < 4.78 is 0. The molecule has 0 heterocycles. The molecule has 1 aliphatic carbocycles. The van der Waals surface area contributed by atoms with Crippen LogP contribution in [0.1, 0.15) is 65.5 Å². The predicted molar refractivity (Wildman–Crippen MR) is 209 cm³/mol. The van der Waals surface area contributed by atoms with Crippen molar-refractivity contribution in [3.8, 4) is 0 Å². The van der Waals surface area contributed by atoms with Gasteiger partial charge >= 0.3 is 0 Å². The lowest BCUT2D eigenvalue weighted by atomic mass is 9.82. The third-order valence-corrected chi connectivity index (χ3v) is 9.52. The molecule has 2 nitrogen and oxygen atoms in total. The van der Waals surface area contributed by atoms with Crippen LogP contribution in [0.15, 0.2) is 151 Å². The Morgan fingerprint density at radius 2 is 0.854 bits per heavy atom. The highest BCUT2D eigenvalue weighted by molar-refractivity contribution is 6.23. The minimum absolute atomic E-state index is 0.0171. The molecule has 0 saturated carbocycles. The molecule has 240 valence electrons. The maximum Gasteiger partial charge on any atom is 0.0620 e. The number of benzene rings is 6. The van der Waals surface area contributed by atoms with Crippen molar-refractivity contribution in [3.63, 3.8) is 0 Å². The first kappa shape index (κ1) is 31.5. The van der Waals surface area contributed by atoms with Crippen LogP contribution in [0.25, 0.3) is 21.5 Å². The van der Waals surface area contributed by atoms with E-state index in [-0.39, 0.29) is 10.8 Å². The molecule has 0 N–H and O–H groups in total. The maximum absolute atomic E-state index is 2.50. The second kappa shape index (κ2) is 12.5. The zero-order valence-corrected chi connectivity index (χ0v) is 29.2. The minimum Gasteiger partial charge on any atom is -0.310 e. The van der Waals surface area contributed by atoms with Gasteiger partial charge in [-0.05, 0) is 89.4 Å².